The van der Waals surface area contributed by atoms with E-state index >= 15 is 0 Å². The van der Waals surface area contributed by atoms with E-state index in [2.05, 4.69) is 0 Å². The van der Waals surface area contributed by atoms with E-state index < -0.39 is 17.3 Å². The third-order valence-corrected chi connectivity index (χ3v) is 2.65. The molecule has 5 heteroatoms. The van der Waals surface area contributed by atoms with Crippen LogP contribution in [0.1, 0.15) is 15.9 Å². The maximum atomic E-state index is 13.6. The van der Waals surface area contributed by atoms with Crippen molar-refractivity contribution >= 4 is 5.97 Å². The number of nitrogens with zero attached hydrogens (tertiary/aromatic N) is 1. The van der Waals surface area contributed by atoms with Gasteiger partial charge in [-0.05, 0) is 35.4 Å². The largest absolute Gasteiger partial charge is 0.507 e. The molecule has 0 saturated carbocycles. The number of nitriles is 1. The van der Waals surface area contributed by atoms with Crippen LogP contribution in [0, 0.1) is 17.1 Å². The molecule has 2 aromatic rings. The van der Waals surface area contributed by atoms with Gasteiger partial charge >= 0.3 is 5.97 Å². The van der Waals surface area contributed by atoms with Crippen LogP contribution in [-0.2, 0) is 0 Å². The fraction of sp³-hybridized carbons (Fsp3) is 0. The van der Waals surface area contributed by atoms with Crippen molar-refractivity contribution in [2.24, 2.45) is 0 Å². The molecule has 0 fully saturated rings. The molecule has 0 amide bonds. The second kappa shape index (κ2) is 4.78. The van der Waals surface area contributed by atoms with Crippen LogP contribution < -0.4 is 0 Å². The number of hydrogen-bond donors (Lipinski definition) is 2. The van der Waals surface area contributed by atoms with E-state index in [1.165, 1.54) is 24.3 Å². The van der Waals surface area contributed by atoms with Gasteiger partial charge in [0.05, 0.1) is 11.1 Å². The summed E-state index contributed by atoms with van der Waals surface area (Å²) in [6, 6.07) is 9.75. The number of phenolic OH excluding ortho intramolecular Hbond substituents is 1. The van der Waals surface area contributed by atoms with Crippen molar-refractivity contribution in [3.63, 3.8) is 0 Å². The number of rotatable bonds is 2. The third-order valence-electron chi connectivity index (χ3n) is 2.65. The quantitative estimate of drug-likeness (QED) is 0.866. The Morgan fingerprint density at radius 2 is 1.79 bits per heavy atom. The van der Waals surface area contributed by atoms with Crippen molar-refractivity contribution in [3.05, 3.63) is 53.3 Å². The van der Waals surface area contributed by atoms with Crippen LogP contribution in [0.25, 0.3) is 11.1 Å². The van der Waals surface area contributed by atoms with Crippen LogP contribution in [0.3, 0.4) is 0 Å². The molecule has 0 bridgehead atoms. The lowest BCUT2D eigenvalue weighted by Gasteiger charge is -2.05. The Bertz CT molecular complexity index is 704. The summed E-state index contributed by atoms with van der Waals surface area (Å²) in [6.07, 6.45) is 0. The van der Waals surface area contributed by atoms with Gasteiger partial charge in [-0.1, -0.05) is 12.1 Å². The molecule has 0 atom stereocenters. The van der Waals surface area contributed by atoms with E-state index in [0.717, 1.165) is 12.1 Å². The number of phenols is 1. The van der Waals surface area contributed by atoms with E-state index in [0.29, 0.717) is 11.1 Å². The molecule has 0 radical (unpaired) electrons. The molecule has 0 unspecified atom stereocenters. The van der Waals surface area contributed by atoms with Gasteiger partial charge in [-0.25, -0.2) is 9.18 Å². The maximum absolute atomic E-state index is 13.6. The second-order valence-electron chi connectivity index (χ2n) is 3.84. The van der Waals surface area contributed by atoms with Crippen LogP contribution in [0.4, 0.5) is 4.39 Å². The number of hydrogen-bond acceptors (Lipinski definition) is 3. The molecular weight excluding hydrogens is 249 g/mol. The van der Waals surface area contributed by atoms with Gasteiger partial charge in [-0.3, -0.25) is 0 Å². The zero-order valence-electron chi connectivity index (χ0n) is 9.59. The average molecular weight is 257 g/mol. The molecule has 0 aliphatic heterocycles. The summed E-state index contributed by atoms with van der Waals surface area (Å²) in [5.74, 6) is -2.35. The summed E-state index contributed by atoms with van der Waals surface area (Å²) < 4.78 is 13.6. The normalized spacial score (nSPS) is 9.89. The minimum atomic E-state index is -1.34. The first-order valence-electron chi connectivity index (χ1n) is 5.29. The van der Waals surface area contributed by atoms with E-state index in [1.54, 1.807) is 0 Å². The molecule has 4 nitrogen and oxygen atoms in total. The lowest BCUT2D eigenvalue weighted by atomic mass is 10.0. The van der Waals surface area contributed by atoms with Gasteiger partial charge in [0.1, 0.15) is 17.6 Å². The third kappa shape index (κ3) is 2.38. The van der Waals surface area contributed by atoms with Gasteiger partial charge in [-0.2, -0.15) is 5.26 Å². The highest BCUT2D eigenvalue weighted by molar-refractivity contribution is 5.88. The van der Waals surface area contributed by atoms with Gasteiger partial charge in [0.25, 0.3) is 0 Å². The van der Waals surface area contributed by atoms with Crippen LogP contribution >= 0.6 is 0 Å². The van der Waals surface area contributed by atoms with Gasteiger partial charge in [0, 0.05) is 0 Å². The van der Waals surface area contributed by atoms with E-state index in [-0.39, 0.29) is 11.3 Å². The van der Waals surface area contributed by atoms with Crippen molar-refractivity contribution in [2.75, 3.05) is 0 Å². The molecule has 0 saturated heterocycles. The van der Waals surface area contributed by atoms with Crippen molar-refractivity contribution < 1.29 is 19.4 Å². The highest BCUT2D eigenvalue weighted by atomic mass is 19.1. The smallest absolute Gasteiger partial charge is 0.338 e. The van der Waals surface area contributed by atoms with Crippen molar-refractivity contribution in [2.45, 2.75) is 0 Å². The minimum absolute atomic E-state index is 0.0696. The number of aromatic carboxylic acids is 1. The summed E-state index contributed by atoms with van der Waals surface area (Å²) >= 11 is 0. The average Bonchev–Trinajstić information content (AvgIpc) is 2.38. The van der Waals surface area contributed by atoms with Crippen LogP contribution in [0.5, 0.6) is 5.75 Å². The number of halogens is 1. The predicted octanol–water partition coefficient (Wildman–Crippen LogP) is 2.77. The first-order chi connectivity index (χ1) is 9.02. The Morgan fingerprint density at radius 1 is 1.16 bits per heavy atom. The number of carbonyl (C=O) groups is 1. The number of aromatic hydroxyl groups is 1. The fourth-order valence-electron chi connectivity index (χ4n) is 1.67. The van der Waals surface area contributed by atoms with E-state index in [1.807, 2.05) is 6.07 Å². The van der Waals surface area contributed by atoms with Crippen LogP contribution in [0.15, 0.2) is 36.4 Å². The summed E-state index contributed by atoms with van der Waals surface area (Å²) in [5.41, 5.74) is 0.604. The van der Waals surface area contributed by atoms with Gasteiger partial charge < -0.3 is 10.2 Å². The Hall–Kier alpha value is -2.87. The first kappa shape index (κ1) is 12.6. The van der Waals surface area contributed by atoms with Crippen LogP contribution in [-0.4, -0.2) is 16.2 Å². The number of benzene rings is 2. The highest BCUT2D eigenvalue weighted by Crippen LogP contribution is 2.26. The second-order valence-corrected chi connectivity index (χ2v) is 3.84. The Balaban J connectivity index is 2.51. The number of carboxylic acid groups (broad SMARTS) is 1. The van der Waals surface area contributed by atoms with Gasteiger partial charge in [0.2, 0.25) is 0 Å². The molecule has 2 N–H and O–H groups in total. The van der Waals surface area contributed by atoms with Crippen molar-refractivity contribution in [1.29, 1.82) is 5.26 Å². The Kier molecular flexibility index (Phi) is 3.17. The summed E-state index contributed by atoms with van der Waals surface area (Å²) in [6.45, 7) is 0. The zero-order chi connectivity index (χ0) is 14.0. The molecule has 0 spiro atoms. The topological polar surface area (TPSA) is 81.3 Å². The van der Waals surface area contributed by atoms with Gasteiger partial charge in [-0.15, -0.1) is 0 Å². The highest BCUT2D eigenvalue weighted by Gasteiger charge is 2.12. The molecule has 2 rings (SSSR count). The Labute approximate surface area is 108 Å². The predicted molar refractivity (Wildman–Crippen MR) is 65.2 cm³/mol. The molecule has 0 aliphatic rings. The SMILES string of the molecule is N#Cc1cc(-c2ccc(C(=O)O)c(F)c2)ccc1O. The van der Waals surface area contributed by atoms with Gasteiger partial charge in [0.15, 0.2) is 0 Å². The van der Waals surface area contributed by atoms with Crippen molar-refractivity contribution in [3.8, 4) is 22.9 Å². The molecule has 19 heavy (non-hydrogen) atoms. The lowest BCUT2D eigenvalue weighted by Crippen LogP contribution is -2.00. The fourth-order valence-corrected chi connectivity index (χ4v) is 1.67. The lowest BCUT2D eigenvalue weighted by molar-refractivity contribution is 0.0692. The first-order valence-corrected chi connectivity index (χ1v) is 5.29. The summed E-state index contributed by atoms with van der Waals surface area (Å²) in [5, 5.41) is 26.9. The standard InChI is InChI=1S/C14H8FNO3/c15-12-6-9(1-3-11(12)14(18)19)8-2-4-13(17)10(5-8)7-16/h1-6,17H,(H,18,19). The monoisotopic (exact) mass is 257 g/mol. The van der Waals surface area contributed by atoms with Crippen LogP contribution in [0.2, 0.25) is 0 Å². The molecule has 0 aliphatic carbocycles. The number of carboxylic acids is 1. The Morgan fingerprint density at radius 3 is 2.37 bits per heavy atom. The maximum Gasteiger partial charge on any atom is 0.338 e. The van der Waals surface area contributed by atoms with E-state index in [4.69, 9.17) is 10.4 Å². The molecule has 94 valence electrons. The minimum Gasteiger partial charge on any atom is -0.507 e. The molecule has 2 aromatic carbocycles. The zero-order valence-corrected chi connectivity index (χ0v) is 9.59. The molecule has 0 aromatic heterocycles. The van der Waals surface area contributed by atoms with E-state index in [9.17, 15) is 14.3 Å². The summed E-state index contributed by atoms with van der Waals surface area (Å²) in [7, 11) is 0. The molecule has 0 heterocycles. The summed E-state index contributed by atoms with van der Waals surface area (Å²) in [4.78, 5) is 10.7. The van der Waals surface area contributed by atoms with Crippen molar-refractivity contribution in [1.82, 2.24) is 0 Å². The molecular formula is C14H8FNO3.